The zero-order valence-corrected chi connectivity index (χ0v) is 17.9. The van der Waals surface area contributed by atoms with Crippen molar-refractivity contribution >= 4 is 17.2 Å². The maximum absolute atomic E-state index is 13.1. The normalized spacial score (nSPS) is 15.3. The van der Waals surface area contributed by atoms with Gasteiger partial charge in [-0.2, -0.15) is 0 Å². The lowest BCUT2D eigenvalue weighted by Gasteiger charge is -2.28. The number of aryl methyl sites for hydroxylation is 1. The summed E-state index contributed by atoms with van der Waals surface area (Å²) in [6.45, 7) is 4.58. The van der Waals surface area contributed by atoms with Crippen molar-refractivity contribution in [2.75, 3.05) is 19.6 Å². The number of amides is 1. The highest BCUT2D eigenvalue weighted by Gasteiger charge is 2.25. The molecule has 6 heteroatoms. The summed E-state index contributed by atoms with van der Waals surface area (Å²) >= 11 is 1.42. The third-order valence-corrected chi connectivity index (χ3v) is 6.69. The van der Waals surface area contributed by atoms with E-state index in [9.17, 15) is 9.18 Å². The summed E-state index contributed by atoms with van der Waals surface area (Å²) in [4.78, 5) is 20.6. The number of aromatic nitrogens is 1. The molecule has 4 nitrogen and oxygen atoms in total. The van der Waals surface area contributed by atoms with Gasteiger partial charge >= 0.3 is 0 Å². The first kappa shape index (κ1) is 20.7. The molecule has 1 unspecified atom stereocenters. The molecule has 1 aliphatic heterocycles. The molecule has 1 atom stereocenters. The number of halogens is 1. The monoisotopic (exact) mass is 423 g/mol. The van der Waals surface area contributed by atoms with Gasteiger partial charge < -0.3 is 5.32 Å². The minimum absolute atomic E-state index is 0.0736. The predicted molar refractivity (Wildman–Crippen MR) is 118 cm³/mol. The van der Waals surface area contributed by atoms with E-state index in [0.29, 0.717) is 17.8 Å². The quantitative estimate of drug-likeness (QED) is 0.597. The molecule has 2 heterocycles. The average molecular weight is 424 g/mol. The van der Waals surface area contributed by atoms with Gasteiger partial charge in [-0.25, -0.2) is 9.37 Å². The Morgan fingerprint density at radius 1 is 1.13 bits per heavy atom. The number of carbonyl (C=O) groups is 1. The summed E-state index contributed by atoms with van der Waals surface area (Å²) < 4.78 is 13.1. The lowest BCUT2D eigenvalue weighted by atomic mass is 10.1. The Morgan fingerprint density at radius 3 is 2.53 bits per heavy atom. The predicted octanol–water partition coefficient (Wildman–Crippen LogP) is 4.75. The maximum atomic E-state index is 13.1. The fourth-order valence-corrected chi connectivity index (χ4v) is 4.99. The van der Waals surface area contributed by atoms with E-state index >= 15 is 0 Å². The third kappa shape index (κ3) is 4.94. The zero-order valence-electron chi connectivity index (χ0n) is 17.1. The largest absolute Gasteiger partial charge is 0.349 e. The second-order valence-corrected chi connectivity index (χ2v) is 8.79. The van der Waals surface area contributed by atoms with E-state index < -0.39 is 0 Å². The molecule has 1 N–H and O–H groups in total. The molecule has 0 aliphatic carbocycles. The standard InChI is InChI=1S/C24H26FN3OS/c1-17-23(30-22(27-17)15-18-9-11-20(25)12-10-18)24(29)26-16-21(28-13-5-6-14-28)19-7-3-2-4-8-19/h2-4,7-12,21H,5-6,13-16H2,1H3,(H,26,29). The number of hydrogen-bond donors (Lipinski definition) is 1. The van der Waals surface area contributed by atoms with Gasteiger partial charge in [0, 0.05) is 13.0 Å². The summed E-state index contributed by atoms with van der Waals surface area (Å²) in [6.07, 6.45) is 3.01. The highest BCUT2D eigenvalue weighted by molar-refractivity contribution is 7.13. The summed E-state index contributed by atoms with van der Waals surface area (Å²) in [7, 11) is 0. The molecular formula is C24H26FN3OS. The Labute approximate surface area is 180 Å². The molecule has 1 aromatic heterocycles. The molecular weight excluding hydrogens is 397 g/mol. The van der Waals surface area contributed by atoms with Crippen LogP contribution in [-0.4, -0.2) is 35.4 Å². The number of benzene rings is 2. The van der Waals surface area contributed by atoms with E-state index in [1.807, 2.05) is 13.0 Å². The van der Waals surface area contributed by atoms with Crippen molar-refractivity contribution in [3.05, 3.63) is 87.1 Å². The van der Waals surface area contributed by atoms with Crippen LogP contribution in [-0.2, 0) is 6.42 Å². The van der Waals surface area contributed by atoms with Gasteiger partial charge in [-0.05, 0) is 56.1 Å². The molecule has 4 rings (SSSR count). The minimum atomic E-state index is -0.250. The third-order valence-electron chi connectivity index (χ3n) is 5.54. The van der Waals surface area contributed by atoms with Gasteiger partial charge in [0.15, 0.2) is 0 Å². The van der Waals surface area contributed by atoms with E-state index in [1.165, 1.54) is 41.9 Å². The van der Waals surface area contributed by atoms with Crippen LogP contribution in [0.2, 0.25) is 0 Å². The van der Waals surface area contributed by atoms with Crippen molar-refractivity contribution in [2.45, 2.75) is 32.2 Å². The highest BCUT2D eigenvalue weighted by atomic mass is 32.1. The Balaban J connectivity index is 1.43. The number of hydrogen-bond acceptors (Lipinski definition) is 4. The SMILES string of the molecule is Cc1nc(Cc2ccc(F)cc2)sc1C(=O)NCC(c1ccccc1)N1CCCC1. The molecule has 0 bridgehead atoms. The van der Waals surface area contributed by atoms with Gasteiger partial charge in [0.2, 0.25) is 0 Å². The minimum Gasteiger partial charge on any atom is -0.349 e. The first-order valence-electron chi connectivity index (χ1n) is 10.4. The first-order valence-corrected chi connectivity index (χ1v) is 11.2. The van der Waals surface area contributed by atoms with E-state index in [0.717, 1.165) is 29.4 Å². The van der Waals surface area contributed by atoms with E-state index in [1.54, 1.807) is 12.1 Å². The number of nitrogens with zero attached hydrogens (tertiary/aromatic N) is 2. The fraction of sp³-hybridized carbons (Fsp3) is 0.333. The van der Waals surface area contributed by atoms with Crippen molar-refractivity contribution in [2.24, 2.45) is 0 Å². The molecule has 0 saturated carbocycles. The number of likely N-dealkylation sites (tertiary alicyclic amines) is 1. The van der Waals surface area contributed by atoms with Gasteiger partial charge in [0.1, 0.15) is 10.7 Å². The molecule has 3 aromatic rings. The van der Waals surface area contributed by atoms with E-state index in [2.05, 4.69) is 39.5 Å². The smallest absolute Gasteiger partial charge is 0.263 e. The molecule has 1 fully saturated rings. The molecule has 30 heavy (non-hydrogen) atoms. The number of rotatable bonds is 7. The van der Waals surface area contributed by atoms with Crippen LogP contribution in [0.5, 0.6) is 0 Å². The number of thiazole rings is 1. The van der Waals surface area contributed by atoms with Crippen LogP contribution in [0.1, 0.15) is 50.4 Å². The van der Waals surface area contributed by atoms with Crippen LogP contribution in [0.15, 0.2) is 54.6 Å². The fourth-order valence-electron chi connectivity index (χ4n) is 3.97. The van der Waals surface area contributed by atoms with Gasteiger partial charge in [-0.15, -0.1) is 11.3 Å². The highest BCUT2D eigenvalue weighted by Crippen LogP contribution is 2.25. The summed E-state index contributed by atoms with van der Waals surface area (Å²) in [5.41, 5.74) is 2.96. The molecule has 0 radical (unpaired) electrons. The van der Waals surface area contributed by atoms with Crippen LogP contribution in [0, 0.1) is 12.7 Å². The lowest BCUT2D eigenvalue weighted by molar-refractivity contribution is 0.0941. The van der Waals surface area contributed by atoms with Crippen LogP contribution in [0.3, 0.4) is 0 Å². The Kier molecular flexibility index (Phi) is 6.55. The van der Waals surface area contributed by atoms with Crippen molar-refractivity contribution in [3.8, 4) is 0 Å². The maximum Gasteiger partial charge on any atom is 0.263 e. The van der Waals surface area contributed by atoms with Crippen LogP contribution < -0.4 is 5.32 Å². The summed E-state index contributed by atoms with van der Waals surface area (Å²) in [6, 6.07) is 17.0. The lowest BCUT2D eigenvalue weighted by Crippen LogP contribution is -2.36. The van der Waals surface area contributed by atoms with Crippen molar-refractivity contribution in [1.29, 1.82) is 0 Å². The number of nitrogens with one attached hydrogen (secondary N) is 1. The van der Waals surface area contributed by atoms with Gasteiger partial charge in [0.05, 0.1) is 16.7 Å². The van der Waals surface area contributed by atoms with E-state index in [-0.39, 0.29) is 17.8 Å². The van der Waals surface area contributed by atoms with Gasteiger partial charge in [-0.3, -0.25) is 9.69 Å². The van der Waals surface area contributed by atoms with E-state index in [4.69, 9.17) is 0 Å². The summed E-state index contributed by atoms with van der Waals surface area (Å²) in [5, 5.41) is 4.00. The van der Waals surface area contributed by atoms with Crippen LogP contribution in [0.25, 0.3) is 0 Å². The molecule has 2 aromatic carbocycles. The molecule has 1 aliphatic rings. The number of carbonyl (C=O) groups excluding carboxylic acids is 1. The van der Waals surface area contributed by atoms with Crippen molar-refractivity contribution < 1.29 is 9.18 Å². The molecule has 1 amide bonds. The van der Waals surface area contributed by atoms with Crippen LogP contribution in [0.4, 0.5) is 4.39 Å². The second kappa shape index (κ2) is 9.49. The average Bonchev–Trinajstić information content (AvgIpc) is 3.41. The molecule has 0 spiro atoms. The van der Waals surface area contributed by atoms with Gasteiger partial charge in [-0.1, -0.05) is 42.5 Å². The first-order chi connectivity index (χ1) is 14.6. The molecule has 1 saturated heterocycles. The summed E-state index contributed by atoms with van der Waals surface area (Å²) in [5.74, 6) is -0.324. The van der Waals surface area contributed by atoms with Crippen molar-refractivity contribution in [1.82, 2.24) is 15.2 Å². The Morgan fingerprint density at radius 2 is 1.83 bits per heavy atom. The van der Waals surface area contributed by atoms with Gasteiger partial charge in [0.25, 0.3) is 5.91 Å². The second-order valence-electron chi connectivity index (χ2n) is 7.70. The Hall–Kier alpha value is -2.57. The topological polar surface area (TPSA) is 45.2 Å². The Bertz CT molecular complexity index is 981. The van der Waals surface area contributed by atoms with Crippen molar-refractivity contribution in [3.63, 3.8) is 0 Å². The molecule has 156 valence electrons. The zero-order chi connectivity index (χ0) is 20.9. The van der Waals surface area contributed by atoms with Crippen LogP contribution >= 0.6 is 11.3 Å².